The lowest BCUT2D eigenvalue weighted by Gasteiger charge is -2.24. The summed E-state index contributed by atoms with van der Waals surface area (Å²) in [7, 11) is 7.88. The Morgan fingerprint density at radius 2 is 0.968 bits per heavy atom. The second-order valence-electron chi connectivity index (χ2n) is 9.47. The predicted molar refractivity (Wildman–Crippen MR) is 126 cm³/mol. The Balaban J connectivity index is 0.000000479. The highest BCUT2D eigenvalue weighted by molar-refractivity contribution is 7.79. The third-order valence-corrected chi connectivity index (χ3v) is 4.60. The number of halogens is 2. The summed E-state index contributed by atoms with van der Waals surface area (Å²) in [5.41, 5.74) is 4.88. The van der Waals surface area contributed by atoms with Crippen LogP contribution in [0.25, 0.3) is 0 Å². The third-order valence-electron chi connectivity index (χ3n) is 3.79. The van der Waals surface area contributed by atoms with E-state index in [2.05, 4.69) is 78.7 Å². The molecule has 0 saturated heterocycles. The lowest BCUT2D eigenvalue weighted by atomic mass is 10.1. The molecule has 0 amide bonds. The molecule has 176 valence electrons. The fourth-order valence-corrected chi connectivity index (χ4v) is 2.97. The average molecular weight is 493 g/mol. The normalized spacial score (nSPS) is 11.7. The summed E-state index contributed by atoms with van der Waals surface area (Å²) in [6.07, 6.45) is 0. The van der Waals surface area contributed by atoms with Gasteiger partial charge in [0.1, 0.15) is 13.1 Å². The van der Waals surface area contributed by atoms with Gasteiger partial charge in [-0.05, 0) is 37.1 Å². The molecule has 0 aromatic heterocycles. The number of quaternary nitrogens is 2. The van der Waals surface area contributed by atoms with E-state index in [0.29, 0.717) is 0 Å². The molecule has 2 aromatic carbocycles. The van der Waals surface area contributed by atoms with Crippen LogP contribution in [0.4, 0.5) is 0 Å². The zero-order chi connectivity index (χ0) is 24.6. The van der Waals surface area contributed by atoms with Crippen LogP contribution in [0.15, 0.2) is 36.4 Å². The molecule has 0 atom stereocenters. The number of hydrogen-bond acceptors (Lipinski definition) is 4. The minimum Gasteiger partial charge on any atom is -0.759 e. The van der Waals surface area contributed by atoms with Gasteiger partial charge in [-0.15, -0.1) is 0 Å². The van der Waals surface area contributed by atoms with Gasteiger partial charge in [-0.3, -0.25) is 8.42 Å². The van der Waals surface area contributed by atoms with Crippen molar-refractivity contribution in [2.24, 2.45) is 0 Å². The van der Waals surface area contributed by atoms with Gasteiger partial charge in [-0.25, -0.2) is 0 Å². The van der Waals surface area contributed by atoms with Crippen molar-refractivity contribution in [3.8, 4) is 0 Å². The van der Waals surface area contributed by atoms with Gasteiger partial charge < -0.3 is 18.1 Å². The van der Waals surface area contributed by atoms with Gasteiger partial charge in [0, 0.05) is 31.6 Å². The maximum absolute atomic E-state index is 8.52. The Morgan fingerprint density at radius 3 is 1.16 bits per heavy atom. The summed E-state index contributed by atoms with van der Waals surface area (Å²) in [5.74, 6) is 0. The Bertz CT molecular complexity index is 879. The van der Waals surface area contributed by atoms with E-state index < -0.39 is 10.4 Å². The van der Waals surface area contributed by atoms with Gasteiger partial charge in [-0.1, -0.05) is 47.5 Å². The number of aryl methyl sites for hydroxylation is 2. The minimum atomic E-state index is -5.17. The van der Waals surface area contributed by atoms with Crippen LogP contribution < -0.4 is 0 Å². The highest BCUT2D eigenvalue weighted by Crippen LogP contribution is 2.19. The molecule has 0 radical (unpaired) electrons. The molecule has 0 spiro atoms. The minimum absolute atomic E-state index is 0.867. The van der Waals surface area contributed by atoms with Crippen LogP contribution in [-0.2, 0) is 23.5 Å². The molecule has 0 aliphatic heterocycles. The number of hydrogen-bond donors (Lipinski definition) is 0. The topological polar surface area (TPSA) is 80.3 Å². The SMILES string of the molecule is Cc1ccc(C[N+](C)(C)C)cc1Cl.Cc1ccc(C[N+](C)(C)C)cc1Cl.O=S(=O)([O-])[O-]. The van der Waals surface area contributed by atoms with Crippen molar-refractivity contribution in [3.05, 3.63) is 68.7 Å². The van der Waals surface area contributed by atoms with E-state index in [4.69, 9.17) is 40.7 Å². The molecule has 0 N–H and O–H groups in total. The second kappa shape index (κ2) is 12.2. The number of nitrogens with zero attached hydrogens (tertiary/aromatic N) is 2. The van der Waals surface area contributed by atoms with Crippen LogP contribution in [0.3, 0.4) is 0 Å². The first kappa shape index (κ1) is 29.8. The first-order valence-electron chi connectivity index (χ1n) is 9.54. The van der Waals surface area contributed by atoms with Crippen molar-refractivity contribution in [1.29, 1.82) is 0 Å². The fourth-order valence-electron chi connectivity index (χ4n) is 2.56. The molecule has 31 heavy (non-hydrogen) atoms. The van der Waals surface area contributed by atoms with E-state index in [1.807, 2.05) is 13.8 Å². The lowest BCUT2D eigenvalue weighted by Crippen LogP contribution is -2.33. The van der Waals surface area contributed by atoms with Crippen molar-refractivity contribution in [3.63, 3.8) is 0 Å². The number of rotatable bonds is 4. The molecule has 2 aromatic rings. The first-order chi connectivity index (χ1) is 13.8. The average Bonchev–Trinajstić information content (AvgIpc) is 2.51. The summed E-state index contributed by atoms with van der Waals surface area (Å²) < 4.78 is 35.9. The third kappa shape index (κ3) is 17.1. The second-order valence-corrected chi connectivity index (χ2v) is 11.1. The zero-order valence-electron chi connectivity index (χ0n) is 19.6. The molecule has 0 heterocycles. The quantitative estimate of drug-likeness (QED) is 0.360. The van der Waals surface area contributed by atoms with Crippen molar-refractivity contribution in [1.82, 2.24) is 0 Å². The van der Waals surface area contributed by atoms with Gasteiger partial charge in [-0.2, -0.15) is 0 Å². The molecular formula is C22H34Cl2N2O4S. The van der Waals surface area contributed by atoms with E-state index in [-0.39, 0.29) is 0 Å². The van der Waals surface area contributed by atoms with E-state index in [0.717, 1.165) is 43.2 Å². The Labute approximate surface area is 197 Å². The summed E-state index contributed by atoms with van der Waals surface area (Å²) >= 11 is 12.1. The van der Waals surface area contributed by atoms with Crippen molar-refractivity contribution >= 4 is 33.6 Å². The van der Waals surface area contributed by atoms with E-state index >= 15 is 0 Å². The van der Waals surface area contributed by atoms with Gasteiger partial charge >= 0.3 is 0 Å². The van der Waals surface area contributed by atoms with Crippen LogP contribution in [-0.4, -0.2) is 68.8 Å². The van der Waals surface area contributed by atoms with Crippen LogP contribution in [0.5, 0.6) is 0 Å². The standard InChI is InChI=1S/2C11H17ClN.H2O4S/c2*1-9-5-6-10(7-11(9)12)8-13(2,3)4;1-5(2,3)4/h2*5-7H,8H2,1-4H3;(H2,1,2,3,4)/q2*+1;/p-2. The molecule has 0 fully saturated rings. The molecule has 6 nitrogen and oxygen atoms in total. The molecule has 0 bridgehead atoms. The molecule has 9 heteroatoms. The maximum Gasteiger partial charge on any atom is 0.104 e. The molecule has 0 aliphatic rings. The molecule has 0 unspecified atom stereocenters. The lowest BCUT2D eigenvalue weighted by molar-refractivity contribution is -0.884. The maximum atomic E-state index is 8.52. The van der Waals surface area contributed by atoms with Crippen molar-refractivity contribution in [2.45, 2.75) is 26.9 Å². The van der Waals surface area contributed by atoms with E-state index in [1.54, 1.807) is 0 Å². The predicted octanol–water partition coefficient (Wildman–Crippen LogP) is 4.37. The number of benzene rings is 2. The van der Waals surface area contributed by atoms with Gasteiger partial charge in [0.25, 0.3) is 0 Å². The summed E-state index contributed by atoms with van der Waals surface area (Å²) in [6.45, 7) is 6.08. The van der Waals surface area contributed by atoms with Crippen LogP contribution >= 0.6 is 23.2 Å². The Kier molecular flexibility index (Phi) is 11.7. The Morgan fingerprint density at radius 1 is 0.710 bits per heavy atom. The smallest absolute Gasteiger partial charge is 0.104 e. The fraction of sp³-hybridized carbons (Fsp3) is 0.455. The highest BCUT2D eigenvalue weighted by Gasteiger charge is 2.09. The van der Waals surface area contributed by atoms with Crippen LogP contribution in [0.2, 0.25) is 10.0 Å². The molecule has 0 aliphatic carbocycles. The van der Waals surface area contributed by atoms with Crippen molar-refractivity contribution < 1.29 is 26.5 Å². The molecule has 2 rings (SSSR count). The van der Waals surface area contributed by atoms with Gasteiger partial charge in [0.05, 0.1) is 42.3 Å². The molecule has 0 saturated carbocycles. The Hall–Kier alpha value is -1.19. The van der Waals surface area contributed by atoms with Gasteiger partial charge in [0.15, 0.2) is 0 Å². The van der Waals surface area contributed by atoms with E-state index in [1.165, 1.54) is 11.1 Å². The summed E-state index contributed by atoms with van der Waals surface area (Å²) in [4.78, 5) is 0. The largest absolute Gasteiger partial charge is 0.759 e. The monoisotopic (exact) mass is 492 g/mol. The van der Waals surface area contributed by atoms with Crippen LogP contribution in [0, 0.1) is 13.8 Å². The molecular weight excluding hydrogens is 459 g/mol. The zero-order valence-corrected chi connectivity index (χ0v) is 21.9. The summed E-state index contributed by atoms with van der Waals surface area (Å²) in [5, 5.41) is 1.73. The van der Waals surface area contributed by atoms with Gasteiger partial charge in [0.2, 0.25) is 0 Å². The summed E-state index contributed by atoms with van der Waals surface area (Å²) in [6, 6.07) is 12.6. The first-order valence-corrected chi connectivity index (χ1v) is 11.6. The van der Waals surface area contributed by atoms with E-state index in [9.17, 15) is 0 Å². The van der Waals surface area contributed by atoms with Crippen molar-refractivity contribution in [2.75, 3.05) is 42.3 Å². The highest BCUT2D eigenvalue weighted by atomic mass is 35.5. The van der Waals surface area contributed by atoms with Crippen LogP contribution in [0.1, 0.15) is 22.3 Å².